The Labute approximate surface area is 210 Å². The molecule has 1 aromatic heterocycles. The molecule has 0 spiro atoms. The number of carbonyl (C=O) groups is 1. The van der Waals surface area contributed by atoms with Crippen molar-refractivity contribution in [3.63, 3.8) is 0 Å². The number of aryl methyl sites for hydroxylation is 1. The first-order chi connectivity index (χ1) is 16.9. The van der Waals surface area contributed by atoms with E-state index in [-0.39, 0.29) is 12.5 Å². The second-order valence-electron chi connectivity index (χ2n) is 8.16. The van der Waals surface area contributed by atoms with Gasteiger partial charge in [0.1, 0.15) is 10.9 Å². The lowest BCUT2D eigenvalue weighted by Gasteiger charge is -2.25. The van der Waals surface area contributed by atoms with Crippen molar-refractivity contribution in [3.05, 3.63) is 94.1 Å². The zero-order chi connectivity index (χ0) is 24.9. The van der Waals surface area contributed by atoms with Gasteiger partial charge in [0.2, 0.25) is 0 Å². The van der Waals surface area contributed by atoms with Gasteiger partial charge in [0.15, 0.2) is 11.5 Å². The average molecular weight is 491 g/mol. The lowest BCUT2D eigenvalue weighted by molar-refractivity contribution is 0.0729. The van der Waals surface area contributed by atoms with Crippen LogP contribution >= 0.6 is 11.6 Å². The van der Waals surface area contributed by atoms with Crippen molar-refractivity contribution >= 4 is 28.4 Å². The second kappa shape index (κ2) is 10.7. The highest BCUT2D eigenvalue weighted by atomic mass is 35.5. The first-order valence-electron chi connectivity index (χ1n) is 11.1. The van der Waals surface area contributed by atoms with Gasteiger partial charge in [-0.25, -0.2) is 4.98 Å². The summed E-state index contributed by atoms with van der Waals surface area (Å²) in [5.74, 6) is 1.85. The molecule has 7 heteroatoms. The maximum atomic E-state index is 13.7. The maximum Gasteiger partial charge on any atom is 0.254 e. The van der Waals surface area contributed by atoms with E-state index in [4.69, 9.17) is 25.8 Å². The lowest BCUT2D eigenvalue weighted by Crippen LogP contribution is -2.31. The summed E-state index contributed by atoms with van der Waals surface area (Å²) in [6.45, 7) is 2.57. The third-order valence-electron chi connectivity index (χ3n) is 5.90. The van der Waals surface area contributed by atoms with Crippen molar-refractivity contribution in [2.75, 3.05) is 21.3 Å². The van der Waals surface area contributed by atoms with Crippen LogP contribution in [0.25, 0.3) is 10.9 Å². The monoisotopic (exact) mass is 490 g/mol. The number of halogens is 1. The van der Waals surface area contributed by atoms with Crippen molar-refractivity contribution in [2.24, 2.45) is 0 Å². The van der Waals surface area contributed by atoms with E-state index in [9.17, 15) is 4.79 Å². The Kier molecular flexibility index (Phi) is 7.42. The Morgan fingerprint density at radius 3 is 2.37 bits per heavy atom. The molecule has 0 aliphatic heterocycles. The number of methoxy groups -OCH3 is 3. The fraction of sp³-hybridized carbons (Fsp3) is 0.214. The van der Waals surface area contributed by atoms with Crippen LogP contribution in [0.5, 0.6) is 17.2 Å². The van der Waals surface area contributed by atoms with Crippen LogP contribution in [0.3, 0.4) is 0 Å². The molecule has 0 aliphatic carbocycles. The summed E-state index contributed by atoms with van der Waals surface area (Å²) >= 11 is 6.59. The van der Waals surface area contributed by atoms with Crippen molar-refractivity contribution in [1.29, 1.82) is 0 Å². The molecule has 1 amide bonds. The normalized spacial score (nSPS) is 10.8. The van der Waals surface area contributed by atoms with Gasteiger partial charge < -0.3 is 19.1 Å². The highest BCUT2D eigenvalue weighted by molar-refractivity contribution is 6.30. The molecule has 1 heterocycles. The predicted octanol–water partition coefficient (Wildman–Crippen LogP) is 6.07. The van der Waals surface area contributed by atoms with E-state index in [2.05, 4.69) is 4.98 Å². The molecule has 0 saturated carbocycles. The smallest absolute Gasteiger partial charge is 0.254 e. The van der Waals surface area contributed by atoms with E-state index in [1.54, 1.807) is 26.2 Å². The summed E-state index contributed by atoms with van der Waals surface area (Å²) in [6, 6.07) is 20.8. The molecular formula is C28H27ClN2O4. The van der Waals surface area contributed by atoms with Crippen LogP contribution in [0.1, 0.15) is 27.0 Å². The van der Waals surface area contributed by atoms with E-state index < -0.39 is 0 Å². The van der Waals surface area contributed by atoms with Crippen LogP contribution < -0.4 is 14.2 Å². The maximum absolute atomic E-state index is 13.7. The topological polar surface area (TPSA) is 60.9 Å². The van der Waals surface area contributed by atoms with Gasteiger partial charge in [0.05, 0.1) is 26.8 Å². The average Bonchev–Trinajstić information content (AvgIpc) is 2.88. The summed E-state index contributed by atoms with van der Waals surface area (Å²) < 4.78 is 16.1. The number of hydrogen-bond acceptors (Lipinski definition) is 5. The van der Waals surface area contributed by atoms with Gasteiger partial charge in [-0.2, -0.15) is 0 Å². The molecule has 6 nitrogen and oxygen atoms in total. The summed E-state index contributed by atoms with van der Waals surface area (Å²) in [4.78, 5) is 20.0. The summed E-state index contributed by atoms with van der Waals surface area (Å²) in [5, 5.41) is 1.26. The molecule has 0 bridgehead atoms. The Morgan fingerprint density at radius 2 is 1.66 bits per heavy atom. The fourth-order valence-electron chi connectivity index (χ4n) is 3.99. The summed E-state index contributed by atoms with van der Waals surface area (Å²) in [5.41, 5.74) is 3.94. The number of nitrogens with zero attached hydrogens (tertiary/aromatic N) is 2. The number of fused-ring (bicyclic) bond motifs is 1. The van der Waals surface area contributed by atoms with E-state index in [1.807, 2.05) is 73.7 Å². The molecule has 0 fully saturated rings. The molecule has 0 radical (unpaired) electrons. The molecule has 4 rings (SSSR count). The van der Waals surface area contributed by atoms with Gasteiger partial charge in [0, 0.05) is 35.7 Å². The van der Waals surface area contributed by atoms with Crippen LogP contribution in [0.15, 0.2) is 66.7 Å². The standard InChI is InChI=1S/C28H27ClN2O4/c1-18-7-5-6-8-23(18)28(32)31(16-19-9-12-25(34-3)26(13-19)35-4)17-21-14-20-10-11-22(33-2)15-24(20)30-27(21)29/h5-15H,16-17H2,1-4H3. The molecule has 180 valence electrons. The molecule has 0 unspecified atom stereocenters. The highest BCUT2D eigenvalue weighted by Crippen LogP contribution is 2.30. The van der Waals surface area contributed by atoms with Gasteiger partial charge in [-0.3, -0.25) is 4.79 Å². The minimum Gasteiger partial charge on any atom is -0.497 e. The zero-order valence-corrected chi connectivity index (χ0v) is 20.9. The minimum atomic E-state index is -0.0937. The third kappa shape index (κ3) is 5.33. The number of carbonyl (C=O) groups excluding carboxylic acids is 1. The number of rotatable bonds is 8. The Balaban J connectivity index is 1.72. The van der Waals surface area contributed by atoms with Gasteiger partial charge in [-0.15, -0.1) is 0 Å². The van der Waals surface area contributed by atoms with Crippen molar-refractivity contribution in [2.45, 2.75) is 20.0 Å². The number of benzene rings is 3. The van der Waals surface area contributed by atoms with Crippen LogP contribution in [-0.2, 0) is 13.1 Å². The Hall–Kier alpha value is -3.77. The van der Waals surface area contributed by atoms with Crippen LogP contribution in [0.2, 0.25) is 5.15 Å². The molecule has 0 aliphatic rings. The quantitative estimate of drug-likeness (QED) is 0.281. The van der Waals surface area contributed by atoms with Crippen LogP contribution in [0, 0.1) is 6.92 Å². The number of hydrogen-bond donors (Lipinski definition) is 0. The number of aromatic nitrogens is 1. The molecule has 0 N–H and O–H groups in total. The van der Waals surface area contributed by atoms with Gasteiger partial charge >= 0.3 is 0 Å². The predicted molar refractivity (Wildman–Crippen MR) is 138 cm³/mol. The molecule has 0 atom stereocenters. The van der Waals surface area contributed by atoms with Crippen LogP contribution in [0.4, 0.5) is 0 Å². The van der Waals surface area contributed by atoms with Crippen molar-refractivity contribution < 1.29 is 19.0 Å². The van der Waals surface area contributed by atoms with Gasteiger partial charge in [0.25, 0.3) is 5.91 Å². The first kappa shape index (κ1) is 24.4. The van der Waals surface area contributed by atoms with E-state index in [0.29, 0.717) is 34.5 Å². The first-order valence-corrected chi connectivity index (χ1v) is 11.5. The van der Waals surface area contributed by atoms with E-state index in [1.165, 1.54) is 0 Å². The van der Waals surface area contributed by atoms with Gasteiger partial charge in [-0.1, -0.05) is 35.9 Å². The zero-order valence-electron chi connectivity index (χ0n) is 20.2. The van der Waals surface area contributed by atoms with Gasteiger partial charge in [-0.05, 0) is 54.4 Å². The molecule has 0 saturated heterocycles. The van der Waals surface area contributed by atoms with Crippen molar-refractivity contribution in [3.8, 4) is 17.2 Å². The highest BCUT2D eigenvalue weighted by Gasteiger charge is 2.21. The summed E-state index contributed by atoms with van der Waals surface area (Å²) in [7, 11) is 4.80. The fourth-order valence-corrected chi connectivity index (χ4v) is 4.20. The van der Waals surface area contributed by atoms with E-state index in [0.717, 1.165) is 27.6 Å². The Morgan fingerprint density at radius 1 is 0.886 bits per heavy atom. The molecule has 4 aromatic rings. The summed E-state index contributed by atoms with van der Waals surface area (Å²) in [6.07, 6.45) is 0. The number of pyridine rings is 1. The number of ether oxygens (including phenoxy) is 3. The van der Waals surface area contributed by atoms with E-state index >= 15 is 0 Å². The minimum absolute atomic E-state index is 0.0937. The second-order valence-corrected chi connectivity index (χ2v) is 8.52. The number of amides is 1. The lowest BCUT2D eigenvalue weighted by atomic mass is 10.1. The largest absolute Gasteiger partial charge is 0.497 e. The van der Waals surface area contributed by atoms with Crippen LogP contribution in [-0.4, -0.2) is 37.1 Å². The third-order valence-corrected chi connectivity index (χ3v) is 6.22. The molecule has 35 heavy (non-hydrogen) atoms. The SMILES string of the molecule is COc1ccc2cc(CN(Cc3ccc(OC)c(OC)c3)C(=O)c3ccccc3C)c(Cl)nc2c1. The van der Waals surface area contributed by atoms with Crippen molar-refractivity contribution in [1.82, 2.24) is 9.88 Å². The molecule has 3 aromatic carbocycles. The Bertz CT molecular complexity index is 1370. The molecular weight excluding hydrogens is 464 g/mol.